The van der Waals surface area contributed by atoms with Crippen LogP contribution in [0.2, 0.25) is 0 Å². The predicted octanol–water partition coefficient (Wildman–Crippen LogP) is 3.08. The lowest BCUT2D eigenvalue weighted by atomic mass is 10.2. The smallest absolute Gasteiger partial charge is 0.319 e. The highest BCUT2D eigenvalue weighted by Crippen LogP contribution is 2.21. The summed E-state index contributed by atoms with van der Waals surface area (Å²) in [7, 11) is 0. The molecule has 0 fully saturated rings. The SMILES string of the molecule is CCOc1cccc(CNCC(F)(F)C(F)F)c1. The first-order valence-corrected chi connectivity index (χ1v) is 5.54. The van der Waals surface area contributed by atoms with Crippen LogP contribution in [0.5, 0.6) is 5.75 Å². The number of benzene rings is 1. The van der Waals surface area contributed by atoms with Crippen molar-refractivity contribution < 1.29 is 22.3 Å². The van der Waals surface area contributed by atoms with Gasteiger partial charge in [-0.2, -0.15) is 8.78 Å². The van der Waals surface area contributed by atoms with Crippen molar-refractivity contribution in [1.82, 2.24) is 5.32 Å². The van der Waals surface area contributed by atoms with Crippen LogP contribution >= 0.6 is 0 Å². The highest BCUT2D eigenvalue weighted by Gasteiger charge is 2.39. The Bertz CT molecular complexity index is 371. The van der Waals surface area contributed by atoms with Gasteiger partial charge in [-0.25, -0.2) is 8.78 Å². The Kier molecular flexibility index (Phi) is 5.40. The first-order chi connectivity index (χ1) is 8.45. The van der Waals surface area contributed by atoms with Crippen molar-refractivity contribution in [2.45, 2.75) is 25.8 Å². The van der Waals surface area contributed by atoms with Crippen molar-refractivity contribution in [2.75, 3.05) is 13.2 Å². The first-order valence-electron chi connectivity index (χ1n) is 5.54. The van der Waals surface area contributed by atoms with Gasteiger partial charge in [0.15, 0.2) is 0 Å². The van der Waals surface area contributed by atoms with Crippen LogP contribution < -0.4 is 10.1 Å². The van der Waals surface area contributed by atoms with E-state index in [9.17, 15) is 17.6 Å². The Morgan fingerprint density at radius 2 is 2.06 bits per heavy atom. The fourth-order valence-electron chi connectivity index (χ4n) is 1.36. The lowest BCUT2D eigenvalue weighted by Gasteiger charge is -2.16. The van der Waals surface area contributed by atoms with E-state index in [-0.39, 0.29) is 6.54 Å². The van der Waals surface area contributed by atoms with Gasteiger partial charge in [-0.1, -0.05) is 12.1 Å². The van der Waals surface area contributed by atoms with E-state index in [0.717, 1.165) is 0 Å². The number of halogens is 4. The maximum absolute atomic E-state index is 12.6. The largest absolute Gasteiger partial charge is 0.494 e. The van der Waals surface area contributed by atoms with Gasteiger partial charge in [0, 0.05) is 6.54 Å². The molecule has 2 nitrogen and oxygen atoms in total. The van der Waals surface area contributed by atoms with Gasteiger partial charge in [0.2, 0.25) is 0 Å². The predicted molar refractivity (Wildman–Crippen MR) is 60.3 cm³/mol. The lowest BCUT2D eigenvalue weighted by Crippen LogP contribution is -2.38. The molecule has 0 aromatic heterocycles. The summed E-state index contributed by atoms with van der Waals surface area (Å²) in [6, 6.07) is 6.83. The molecule has 102 valence electrons. The molecule has 0 saturated carbocycles. The van der Waals surface area contributed by atoms with Gasteiger partial charge in [-0.3, -0.25) is 0 Å². The van der Waals surface area contributed by atoms with Crippen LogP contribution in [0.25, 0.3) is 0 Å². The number of hydrogen-bond acceptors (Lipinski definition) is 2. The summed E-state index contributed by atoms with van der Waals surface area (Å²) in [5.74, 6) is -3.38. The molecule has 1 N–H and O–H groups in total. The molecule has 0 atom stereocenters. The van der Waals surface area contributed by atoms with Gasteiger partial charge in [-0.15, -0.1) is 0 Å². The first kappa shape index (κ1) is 14.8. The second kappa shape index (κ2) is 6.58. The third-order valence-corrected chi connectivity index (χ3v) is 2.22. The number of alkyl halides is 4. The maximum Gasteiger partial charge on any atom is 0.319 e. The van der Waals surface area contributed by atoms with E-state index in [1.54, 1.807) is 24.3 Å². The topological polar surface area (TPSA) is 21.3 Å². The Hall–Kier alpha value is -1.30. The highest BCUT2D eigenvalue weighted by atomic mass is 19.3. The number of hydrogen-bond donors (Lipinski definition) is 1. The van der Waals surface area contributed by atoms with Crippen molar-refractivity contribution in [1.29, 1.82) is 0 Å². The van der Waals surface area contributed by atoms with Gasteiger partial charge in [0.1, 0.15) is 5.75 Å². The molecule has 6 heteroatoms. The van der Waals surface area contributed by atoms with E-state index in [1.807, 2.05) is 6.92 Å². The highest BCUT2D eigenvalue weighted by molar-refractivity contribution is 5.28. The molecule has 0 amide bonds. The van der Waals surface area contributed by atoms with E-state index in [1.165, 1.54) is 0 Å². The fourth-order valence-corrected chi connectivity index (χ4v) is 1.36. The van der Waals surface area contributed by atoms with Crippen LogP contribution in [0.3, 0.4) is 0 Å². The van der Waals surface area contributed by atoms with Gasteiger partial charge in [0.05, 0.1) is 13.2 Å². The van der Waals surface area contributed by atoms with Crippen LogP contribution in [-0.4, -0.2) is 25.5 Å². The quantitative estimate of drug-likeness (QED) is 0.765. The average Bonchev–Trinajstić information content (AvgIpc) is 2.29. The van der Waals surface area contributed by atoms with Crippen LogP contribution in [-0.2, 0) is 6.54 Å². The zero-order valence-corrected chi connectivity index (χ0v) is 9.93. The number of rotatable bonds is 7. The summed E-state index contributed by atoms with van der Waals surface area (Å²) < 4.78 is 54.2. The number of ether oxygens (including phenoxy) is 1. The zero-order valence-electron chi connectivity index (χ0n) is 9.93. The van der Waals surface area contributed by atoms with Crippen molar-refractivity contribution in [3.8, 4) is 5.75 Å². The zero-order chi connectivity index (χ0) is 13.6. The molecule has 1 aromatic rings. The maximum atomic E-state index is 12.6. The van der Waals surface area contributed by atoms with Crippen LogP contribution in [0, 0.1) is 0 Å². The van der Waals surface area contributed by atoms with Crippen LogP contribution in [0.4, 0.5) is 17.6 Å². The Labute approximate surface area is 103 Å². The Morgan fingerprint density at radius 3 is 2.67 bits per heavy atom. The normalized spacial score (nSPS) is 11.9. The number of nitrogens with one attached hydrogen (secondary N) is 1. The van der Waals surface area contributed by atoms with Crippen molar-refractivity contribution in [3.63, 3.8) is 0 Å². The second-order valence-electron chi connectivity index (χ2n) is 3.75. The molecule has 1 aromatic carbocycles. The summed E-state index contributed by atoms with van der Waals surface area (Å²) >= 11 is 0. The average molecular weight is 265 g/mol. The summed E-state index contributed by atoms with van der Waals surface area (Å²) in [6.45, 7) is 1.36. The molecule has 0 aliphatic rings. The second-order valence-corrected chi connectivity index (χ2v) is 3.75. The molecule has 0 radical (unpaired) electrons. The minimum absolute atomic E-state index is 0.0865. The van der Waals surface area contributed by atoms with E-state index < -0.39 is 18.9 Å². The molecule has 0 saturated heterocycles. The minimum atomic E-state index is -4.00. The summed E-state index contributed by atoms with van der Waals surface area (Å²) in [4.78, 5) is 0. The van der Waals surface area contributed by atoms with Crippen molar-refractivity contribution in [2.24, 2.45) is 0 Å². The summed E-state index contributed by atoms with van der Waals surface area (Å²) in [5, 5.41) is 2.31. The third-order valence-electron chi connectivity index (χ3n) is 2.22. The van der Waals surface area contributed by atoms with Gasteiger partial charge < -0.3 is 10.1 Å². The summed E-state index contributed by atoms with van der Waals surface area (Å²) in [5.41, 5.74) is 0.700. The van der Waals surface area contributed by atoms with Gasteiger partial charge >= 0.3 is 12.3 Å². The molecular formula is C12H15F4NO. The Balaban J connectivity index is 2.46. The van der Waals surface area contributed by atoms with Crippen LogP contribution in [0.15, 0.2) is 24.3 Å². The molecule has 18 heavy (non-hydrogen) atoms. The molecule has 0 unspecified atom stereocenters. The summed E-state index contributed by atoms with van der Waals surface area (Å²) in [6.07, 6.45) is -3.65. The van der Waals surface area contributed by atoms with Gasteiger partial charge in [0.25, 0.3) is 0 Å². The van der Waals surface area contributed by atoms with E-state index in [2.05, 4.69) is 5.32 Å². The molecular weight excluding hydrogens is 250 g/mol. The molecule has 0 aliphatic carbocycles. The third kappa shape index (κ3) is 4.52. The standard InChI is InChI=1S/C12H15F4NO/c1-2-18-10-5-3-4-9(6-10)7-17-8-12(15,16)11(13)14/h3-6,11,17H,2,7-8H2,1H3. The fraction of sp³-hybridized carbons (Fsp3) is 0.500. The van der Waals surface area contributed by atoms with E-state index >= 15 is 0 Å². The minimum Gasteiger partial charge on any atom is -0.494 e. The van der Waals surface area contributed by atoms with Gasteiger partial charge in [-0.05, 0) is 24.6 Å². The molecule has 1 rings (SSSR count). The Morgan fingerprint density at radius 1 is 1.33 bits per heavy atom. The molecule has 0 bridgehead atoms. The monoisotopic (exact) mass is 265 g/mol. The molecule has 0 heterocycles. The lowest BCUT2D eigenvalue weighted by molar-refractivity contribution is -0.125. The van der Waals surface area contributed by atoms with Crippen molar-refractivity contribution in [3.05, 3.63) is 29.8 Å². The molecule has 0 spiro atoms. The van der Waals surface area contributed by atoms with Crippen LogP contribution in [0.1, 0.15) is 12.5 Å². The van der Waals surface area contributed by atoms with E-state index in [0.29, 0.717) is 17.9 Å². The van der Waals surface area contributed by atoms with Crippen molar-refractivity contribution >= 4 is 0 Å². The molecule has 0 aliphatic heterocycles. The van der Waals surface area contributed by atoms with E-state index in [4.69, 9.17) is 4.74 Å².